The van der Waals surface area contributed by atoms with Crippen LogP contribution in [0.1, 0.15) is 27.7 Å². The first-order valence-corrected chi connectivity index (χ1v) is 5.17. The monoisotopic (exact) mass is 237 g/mol. The molecule has 92 valence electrons. The first-order chi connectivity index (χ1) is 6.65. The van der Waals surface area contributed by atoms with E-state index >= 15 is 0 Å². The number of rotatable bonds is 5. The van der Waals surface area contributed by atoms with Crippen molar-refractivity contribution in [1.82, 2.24) is 4.90 Å². The molecular formula is C11H24ClNO2. The Morgan fingerprint density at radius 2 is 1.60 bits per heavy atom. The molecule has 0 aromatic carbocycles. The van der Waals surface area contributed by atoms with Crippen LogP contribution >= 0.6 is 12.4 Å². The van der Waals surface area contributed by atoms with Crippen molar-refractivity contribution in [2.45, 2.75) is 27.7 Å². The highest BCUT2D eigenvalue weighted by molar-refractivity contribution is 5.85. The van der Waals surface area contributed by atoms with Gasteiger partial charge in [0.15, 0.2) is 0 Å². The van der Waals surface area contributed by atoms with Crippen LogP contribution < -0.4 is 0 Å². The Balaban J connectivity index is -0.000000180. The summed E-state index contributed by atoms with van der Waals surface area (Å²) < 4.78 is 4.43. The molecule has 4 heteroatoms. The maximum Gasteiger partial charge on any atom is 0.330 e. The number of halogens is 1. The predicted molar refractivity (Wildman–Crippen MR) is 67.5 cm³/mol. The fraction of sp³-hybridized carbons (Fsp3) is 0.727. The van der Waals surface area contributed by atoms with E-state index in [4.69, 9.17) is 0 Å². The van der Waals surface area contributed by atoms with Gasteiger partial charge in [0.25, 0.3) is 0 Å². The molecule has 0 aliphatic carbocycles. The summed E-state index contributed by atoms with van der Waals surface area (Å²) in [4.78, 5) is 12.4. The Morgan fingerprint density at radius 3 is 1.67 bits per heavy atom. The highest BCUT2D eigenvalue weighted by atomic mass is 35.5. The van der Waals surface area contributed by atoms with Gasteiger partial charge in [-0.25, -0.2) is 4.79 Å². The molecule has 0 amide bonds. The molecule has 0 unspecified atom stereocenters. The summed E-state index contributed by atoms with van der Waals surface area (Å²) >= 11 is 0. The molecule has 0 saturated carbocycles. The van der Waals surface area contributed by atoms with E-state index in [1.165, 1.54) is 19.6 Å². The summed E-state index contributed by atoms with van der Waals surface area (Å²) in [6, 6.07) is 0. The number of nitrogens with zero attached hydrogens (tertiary/aromatic N) is 1. The van der Waals surface area contributed by atoms with Crippen molar-refractivity contribution >= 4 is 18.4 Å². The molecule has 0 atom stereocenters. The fourth-order valence-electron chi connectivity index (χ4n) is 0.872. The SMILES string of the molecule is C=CC(=O)OCC.CCN(CC)CC.Cl. The fourth-order valence-corrected chi connectivity index (χ4v) is 0.872. The van der Waals surface area contributed by atoms with E-state index in [0.717, 1.165) is 6.08 Å². The highest BCUT2D eigenvalue weighted by Gasteiger charge is 1.89. The van der Waals surface area contributed by atoms with Crippen LogP contribution in [0.2, 0.25) is 0 Å². The zero-order valence-electron chi connectivity index (χ0n) is 10.3. The van der Waals surface area contributed by atoms with Gasteiger partial charge in [-0.15, -0.1) is 12.4 Å². The van der Waals surface area contributed by atoms with Crippen LogP contribution in [0.15, 0.2) is 12.7 Å². The van der Waals surface area contributed by atoms with E-state index in [2.05, 4.69) is 37.0 Å². The lowest BCUT2D eigenvalue weighted by Crippen LogP contribution is -2.21. The van der Waals surface area contributed by atoms with Crippen molar-refractivity contribution in [2.24, 2.45) is 0 Å². The molecule has 0 N–H and O–H groups in total. The largest absolute Gasteiger partial charge is 0.463 e. The van der Waals surface area contributed by atoms with Crippen LogP contribution in [0.5, 0.6) is 0 Å². The maximum absolute atomic E-state index is 10.1. The molecule has 0 aromatic rings. The van der Waals surface area contributed by atoms with E-state index in [1.54, 1.807) is 6.92 Å². The molecule has 15 heavy (non-hydrogen) atoms. The molecule has 0 aromatic heterocycles. The molecule has 0 heterocycles. The molecule has 3 nitrogen and oxygen atoms in total. The van der Waals surface area contributed by atoms with Gasteiger partial charge in [0, 0.05) is 6.08 Å². The highest BCUT2D eigenvalue weighted by Crippen LogP contribution is 1.81. The van der Waals surface area contributed by atoms with Crippen molar-refractivity contribution < 1.29 is 9.53 Å². The summed E-state index contributed by atoms with van der Waals surface area (Å²) in [7, 11) is 0. The Morgan fingerprint density at radius 1 is 1.20 bits per heavy atom. The molecule has 0 fully saturated rings. The lowest BCUT2D eigenvalue weighted by atomic mass is 10.5. The van der Waals surface area contributed by atoms with Crippen LogP contribution in [0, 0.1) is 0 Å². The minimum atomic E-state index is -0.359. The second-order valence-corrected chi connectivity index (χ2v) is 2.58. The second-order valence-electron chi connectivity index (χ2n) is 2.58. The van der Waals surface area contributed by atoms with Gasteiger partial charge < -0.3 is 9.64 Å². The Kier molecular flexibility index (Phi) is 21.2. The van der Waals surface area contributed by atoms with Crippen LogP contribution in [0.25, 0.3) is 0 Å². The van der Waals surface area contributed by atoms with Gasteiger partial charge in [0.05, 0.1) is 6.61 Å². The summed E-state index contributed by atoms with van der Waals surface area (Å²) in [6.07, 6.45) is 1.14. The van der Waals surface area contributed by atoms with Crippen molar-refractivity contribution in [3.8, 4) is 0 Å². The average molecular weight is 238 g/mol. The summed E-state index contributed by atoms with van der Waals surface area (Å²) in [5.74, 6) is -0.359. The first kappa shape index (κ1) is 19.9. The summed E-state index contributed by atoms with van der Waals surface area (Å²) in [5, 5.41) is 0. The number of carbonyl (C=O) groups is 1. The van der Waals surface area contributed by atoms with Crippen LogP contribution in [0.4, 0.5) is 0 Å². The third kappa shape index (κ3) is 16.2. The zero-order valence-corrected chi connectivity index (χ0v) is 11.1. The number of hydrogen-bond donors (Lipinski definition) is 0. The molecule has 0 rings (SSSR count). The topological polar surface area (TPSA) is 29.5 Å². The van der Waals surface area contributed by atoms with E-state index in [1.807, 2.05) is 0 Å². The predicted octanol–water partition coefficient (Wildman–Crippen LogP) is 2.51. The van der Waals surface area contributed by atoms with E-state index in [9.17, 15) is 4.79 Å². The molecular weight excluding hydrogens is 214 g/mol. The molecule has 0 aliphatic heterocycles. The average Bonchev–Trinajstić information content (AvgIpc) is 2.22. The maximum atomic E-state index is 10.1. The molecule has 0 saturated heterocycles. The Labute approximate surface area is 99.9 Å². The first-order valence-electron chi connectivity index (χ1n) is 5.17. The van der Waals surface area contributed by atoms with Crippen LogP contribution in [-0.2, 0) is 9.53 Å². The summed E-state index contributed by atoms with van der Waals surface area (Å²) in [5.41, 5.74) is 0. The smallest absolute Gasteiger partial charge is 0.330 e. The molecule has 0 aliphatic rings. The normalized spacial score (nSPS) is 8.33. The number of esters is 1. The van der Waals surface area contributed by atoms with Crippen LogP contribution in [0.3, 0.4) is 0 Å². The van der Waals surface area contributed by atoms with Crippen molar-refractivity contribution in [2.75, 3.05) is 26.2 Å². The van der Waals surface area contributed by atoms with Crippen molar-refractivity contribution in [3.05, 3.63) is 12.7 Å². The minimum Gasteiger partial charge on any atom is -0.463 e. The minimum absolute atomic E-state index is 0. The third-order valence-corrected chi connectivity index (χ3v) is 1.79. The number of hydrogen-bond acceptors (Lipinski definition) is 3. The van der Waals surface area contributed by atoms with Gasteiger partial charge in [-0.2, -0.15) is 0 Å². The van der Waals surface area contributed by atoms with Crippen molar-refractivity contribution in [1.29, 1.82) is 0 Å². The van der Waals surface area contributed by atoms with Gasteiger partial charge in [-0.3, -0.25) is 0 Å². The number of ether oxygens (including phenoxy) is 1. The van der Waals surface area contributed by atoms with Gasteiger partial charge >= 0.3 is 5.97 Å². The standard InChI is InChI=1S/C6H15N.C5H8O2.ClH/c1-4-7(5-2)6-3;1-3-5(6)7-4-2;/h4-6H2,1-3H3;3H,1,4H2,2H3;1H. The van der Waals surface area contributed by atoms with Gasteiger partial charge in [-0.05, 0) is 26.6 Å². The van der Waals surface area contributed by atoms with Gasteiger partial charge in [-0.1, -0.05) is 27.4 Å². The second kappa shape index (κ2) is 15.9. The van der Waals surface area contributed by atoms with E-state index in [-0.39, 0.29) is 18.4 Å². The Bertz CT molecular complexity index is 142. The van der Waals surface area contributed by atoms with Crippen molar-refractivity contribution in [3.63, 3.8) is 0 Å². The third-order valence-electron chi connectivity index (χ3n) is 1.79. The van der Waals surface area contributed by atoms with E-state index in [0.29, 0.717) is 6.61 Å². The lowest BCUT2D eigenvalue weighted by molar-refractivity contribution is -0.137. The lowest BCUT2D eigenvalue weighted by Gasteiger charge is -2.13. The molecule has 0 bridgehead atoms. The quantitative estimate of drug-likeness (QED) is 0.544. The Hall–Kier alpha value is -0.540. The van der Waals surface area contributed by atoms with E-state index < -0.39 is 0 Å². The number of carbonyl (C=O) groups excluding carboxylic acids is 1. The van der Waals surface area contributed by atoms with Crippen LogP contribution in [-0.4, -0.2) is 37.1 Å². The molecule has 0 radical (unpaired) electrons. The summed E-state index contributed by atoms with van der Waals surface area (Å²) in [6.45, 7) is 15.5. The molecule has 0 spiro atoms. The van der Waals surface area contributed by atoms with Gasteiger partial charge in [0.1, 0.15) is 0 Å². The van der Waals surface area contributed by atoms with Gasteiger partial charge in [0.2, 0.25) is 0 Å². The zero-order chi connectivity index (χ0) is 11.4.